The molecular weight excluding hydrogens is 286 g/mol. The van der Waals surface area contributed by atoms with Gasteiger partial charge in [0.1, 0.15) is 0 Å². The van der Waals surface area contributed by atoms with Gasteiger partial charge in [-0.1, -0.05) is 36.8 Å². The number of carbonyl (C=O) groups is 1. The highest BCUT2D eigenvalue weighted by Crippen LogP contribution is 2.31. The first-order chi connectivity index (χ1) is 11.2. The van der Waals surface area contributed by atoms with Gasteiger partial charge in [0.15, 0.2) is 0 Å². The second kappa shape index (κ2) is 7.82. The molecule has 1 N–H and O–H groups in total. The van der Waals surface area contributed by atoms with Gasteiger partial charge in [-0.25, -0.2) is 4.79 Å². The predicted molar refractivity (Wildman–Crippen MR) is 93.2 cm³/mol. The molecule has 0 radical (unpaired) electrons. The van der Waals surface area contributed by atoms with Gasteiger partial charge in [0.05, 0.1) is 0 Å². The van der Waals surface area contributed by atoms with Crippen LogP contribution in [0.15, 0.2) is 30.3 Å². The van der Waals surface area contributed by atoms with Crippen LogP contribution in [-0.4, -0.2) is 48.6 Å². The smallest absolute Gasteiger partial charge is 0.317 e. The van der Waals surface area contributed by atoms with Crippen LogP contribution in [0.4, 0.5) is 4.79 Å². The maximum atomic E-state index is 12.4. The first-order valence-corrected chi connectivity index (χ1v) is 9.01. The van der Waals surface area contributed by atoms with Crippen molar-refractivity contribution in [3.63, 3.8) is 0 Å². The Morgan fingerprint density at radius 3 is 2.78 bits per heavy atom. The number of benzene rings is 1. The van der Waals surface area contributed by atoms with Gasteiger partial charge in [0, 0.05) is 26.2 Å². The van der Waals surface area contributed by atoms with E-state index in [1.54, 1.807) is 0 Å². The first kappa shape index (κ1) is 16.3. The topological polar surface area (TPSA) is 35.6 Å². The lowest BCUT2D eigenvalue weighted by Crippen LogP contribution is -2.52. The Morgan fingerprint density at radius 1 is 1.17 bits per heavy atom. The van der Waals surface area contributed by atoms with Crippen LogP contribution in [0.25, 0.3) is 0 Å². The van der Waals surface area contributed by atoms with Crippen molar-refractivity contribution in [1.29, 1.82) is 0 Å². The van der Waals surface area contributed by atoms with Crippen molar-refractivity contribution in [1.82, 2.24) is 15.1 Å². The van der Waals surface area contributed by atoms with E-state index in [9.17, 15) is 4.79 Å². The van der Waals surface area contributed by atoms with Crippen LogP contribution in [0.3, 0.4) is 0 Å². The summed E-state index contributed by atoms with van der Waals surface area (Å²) in [5, 5.41) is 3.03. The van der Waals surface area contributed by atoms with Crippen molar-refractivity contribution < 1.29 is 4.79 Å². The van der Waals surface area contributed by atoms with Crippen molar-refractivity contribution in [2.45, 2.75) is 44.7 Å². The SMILES string of the molecule is CN(C[C@@H]1CCCN2CCCC[C@H]12)C(=O)NCc1ccccc1. The number of nitrogens with zero attached hydrogens (tertiary/aromatic N) is 2. The molecule has 2 saturated heterocycles. The largest absolute Gasteiger partial charge is 0.334 e. The second-order valence-electron chi connectivity index (χ2n) is 7.03. The second-order valence-corrected chi connectivity index (χ2v) is 7.03. The molecule has 2 aliphatic heterocycles. The monoisotopic (exact) mass is 315 g/mol. The van der Waals surface area contributed by atoms with Gasteiger partial charge in [-0.2, -0.15) is 0 Å². The van der Waals surface area contributed by atoms with Crippen LogP contribution in [-0.2, 0) is 6.54 Å². The van der Waals surface area contributed by atoms with E-state index in [1.807, 2.05) is 42.3 Å². The summed E-state index contributed by atoms with van der Waals surface area (Å²) < 4.78 is 0. The number of nitrogens with one attached hydrogen (secondary N) is 1. The molecule has 0 unspecified atom stereocenters. The van der Waals surface area contributed by atoms with E-state index >= 15 is 0 Å². The Kier molecular flexibility index (Phi) is 5.55. The molecule has 2 amide bonds. The minimum Gasteiger partial charge on any atom is -0.334 e. The fourth-order valence-electron chi connectivity index (χ4n) is 4.13. The number of hydrogen-bond donors (Lipinski definition) is 1. The average Bonchev–Trinajstić information content (AvgIpc) is 2.61. The van der Waals surface area contributed by atoms with E-state index in [0.29, 0.717) is 18.5 Å². The van der Waals surface area contributed by atoms with Gasteiger partial charge in [0.25, 0.3) is 0 Å². The summed E-state index contributed by atoms with van der Waals surface area (Å²) in [6, 6.07) is 10.8. The van der Waals surface area contributed by atoms with Gasteiger partial charge >= 0.3 is 6.03 Å². The highest BCUT2D eigenvalue weighted by atomic mass is 16.2. The quantitative estimate of drug-likeness (QED) is 0.927. The van der Waals surface area contributed by atoms with Crippen LogP contribution in [0.1, 0.15) is 37.7 Å². The summed E-state index contributed by atoms with van der Waals surface area (Å²) in [5.74, 6) is 0.636. The molecule has 4 heteroatoms. The highest BCUT2D eigenvalue weighted by molar-refractivity contribution is 5.73. The van der Waals surface area contributed by atoms with Gasteiger partial charge in [-0.05, 0) is 50.3 Å². The third-order valence-electron chi connectivity index (χ3n) is 5.37. The third kappa shape index (κ3) is 4.25. The van der Waals surface area contributed by atoms with Crippen molar-refractivity contribution in [2.24, 2.45) is 5.92 Å². The molecule has 0 aliphatic carbocycles. The Labute approximate surface area is 139 Å². The van der Waals surface area contributed by atoms with Crippen molar-refractivity contribution in [2.75, 3.05) is 26.7 Å². The zero-order chi connectivity index (χ0) is 16.1. The van der Waals surface area contributed by atoms with Gasteiger partial charge < -0.3 is 15.1 Å². The standard InChI is InChI=1S/C19H29N3O/c1-21(19(23)20-14-16-8-3-2-4-9-16)15-17-10-7-13-22-12-6-5-11-18(17)22/h2-4,8-9,17-18H,5-7,10-15H2,1H3,(H,20,23)/t17-,18+/m0/s1. The Balaban J connectivity index is 1.49. The molecule has 2 heterocycles. The minimum absolute atomic E-state index is 0.0433. The molecule has 4 nitrogen and oxygen atoms in total. The maximum absolute atomic E-state index is 12.4. The molecule has 1 aromatic carbocycles. The first-order valence-electron chi connectivity index (χ1n) is 9.01. The Morgan fingerprint density at radius 2 is 1.96 bits per heavy atom. The Hall–Kier alpha value is -1.55. The molecule has 2 fully saturated rings. The van der Waals surface area contributed by atoms with Crippen LogP contribution >= 0.6 is 0 Å². The van der Waals surface area contributed by atoms with Gasteiger partial charge in [-0.15, -0.1) is 0 Å². The number of amides is 2. The zero-order valence-electron chi connectivity index (χ0n) is 14.2. The summed E-state index contributed by atoms with van der Waals surface area (Å²) in [5.41, 5.74) is 1.14. The maximum Gasteiger partial charge on any atom is 0.317 e. The molecule has 126 valence electrons. The minimum atomic E-state index is 0.0433. The lowest BCUT2D eigenvalue weighted by molar-refractivity contribution is 0.0487. The summed E-state index contributed by atoms with van der Waals surface area (Å²) in [6.07, 6.45) is 6.54. The van der Waals surface area contributed by atoms with E-state index < -0.39 is 0 Å². The van der Waals surface area contributed by atoms with Gasteiger partial charge in [-0.3, -0.25) is 0 Å². The lowest BCUT2D eigenvalue weighted by Gasteiger charge is -2.45. The van der Waals surface area contributed by atoms with E-state index in [1.165, 1.54) is 45.2 Å². The summed E-state index contributed by atoms with van der Waals surface area (Å²) in [4.78, 5) is 16.9. The number of hydrogen-bond acceptors (Lipinski definition) is 2. The molecule has 0 spiro atoms. The number of carbonyl (C=O) groups excluding carboxylic acids is 1. The fourth-order valence-corrected chi connectivity index (χ4v) is 4.13. The molecule has 2 aliphatic rings. The van der Waals surface area contributed by atoms with Crippen LogP contribution < -0.4 is 5.32 Å². The summed E-state index contributed by atoms with van der Waals surface area (Å²) in [7, 11) is 1.93. The van der Waals surface area contributed by atoms with Gasteiger partial charge in [0.2, 0.25) is 0 Å². The highest BCUT2D eigenvalue weighted by Gasteiger charge is 2.33. The normalized spacial score (nSPS) is 24.7. The van der Waals surface area contributed by atoms with Crippen molar-refractivity contribution in [3.8, 4) is 0 Å². The molecular formula is C19H29N3O. The van der Waals surface area contributed by atoms with Crippen LogP contribution in [0.5, 0.6) is 0 Å². The average molecular weight is 315 g/mol. The van der Waals surface area contributed by atoms with E-state index in [2.05, 4.69) is 10.2 Å². The molecule has 1 aromatic rings. The molecule has 0 aromatic heterocycles. The van der Waals surface area contributed by atoms with Crippen LogP contribution in [0.2, 0.25) is 0 Å². The van der Waals surface area contributed by atoms with E-state index in [4.69, 9.17) is 0 Å². The number of urea groups is 1. The predicted octanol–water partition coefficient (Wildman–Crippen LogP) is 3.09. The molecule has 2 atom stereocenters. The number of rotatable bonds is 4. The van der Waals surface area contributed by atoms with Crippen LogP contribution in [0, 0.1) is 5.92 Å². The number of fused-ring (bicyclic) bond motifs is 1. The molecule has 0 saturated carbocycles. The molecule has 3 rings (SSSR count). The zero-order valence-corrected chi connectivity index (χ0v) is 14.2. The van der Waals surface area contributed by atoms with Crippen molar-refractivity contribution >= 4 is 6.03 Å². The van der Waals surface area contributed by atoms with Crippen molar-refractivity contribution in [3.05, 3.63) is 35.9 Å². The third-order valence-corrected chi connectivity index (χ3v) is 5.37. The lowest BCUT2D eigenvalue weighted by atomic mass is 9.83. The fraction of sp³-hybridized carbons (Fsp3) is 0.632. The molecule has 0 bridgehead atoms. The van der Waals surface area contributed by atoms with E-state index in [-0.39, 0.29) is 6.03 Å². The van der Waals surface area contributed by atoms with E-state index in [0.717, 1.165) is 12.1 Å². The summed E-state index contributed by atoms with van der Waals surface area (Å²) >= 11 is 0. The number of piperidine rings is 2. The molecule has 23 heavy (non-hydrogen) atoms. The summed E-state index contributed by atoms with van der Waals surface area (Å²) in [6.45, 7) is 3.99. The Bertz CT molecular complexity index is 503.